The number of aromatic nitrogens is 2. The van der Waals surface area contributed by atoms with Crippen molar-refractivity contribution in [3.63, 3.8) is 0 Å². The Hall–Kier alpha value is -1.24. The maximum atomic E-state index is 5.99. The number of nitrogens with zero attached hydrogens (tertiary/aromatic N) is 3. The molecule has 1 unspecified atom stereocenters. The molecule has 0 amide bonds. The fourth-order valence-electron chi connectivity index (χ4n) is 2.58. The highest BCUT2D eigenvalue weighted by Gasteiger charge is 2.19. The lowest BCUT2D eigenvalue weighted by Gasteiger charge is -2.22. The Bertz CT molecular complexity index is 580. The Morgan fingerprint density at radius 1 is 1.50 bits per heavy atom. The smallest absolute Gasteiger partial charge is 0.146 e. The molecule has 2 aromatic heterocycles. The molecule has 0 radical (unpaired) electrons. The zero-order valence-electron chi connectivity index (χ0n) is 11.7. The molecule has 108 valence electrons. The number of nitrogens with two attached hydrogens (primary N) is 1. The van der Waals surface area contributed by atoms with E-state index in [0.717, 1.165) is 48.7 Å². The minimum Gasteiger partial charge on any atom is -0.383 e. The van der Waals surface area contributed by atoms with Crippen LogP contribution >= 0.6 is 11.3 Å². The van der Waals surface area contributed by atoms with Crippen LogP contribution in [0.15, 0.2) is 11.4 Å². The largest absolute Gasteiger partial charge is 0.383 e. The lowest BCUT2D eigenvalue weighted by atomic mass is 10.2. The number of hydrogen-bond donors (Lipinski definition) is 1. The lowest BCUT2D eigenvalue weighted by molar-refractivity contribution is 0.0717. The average molecular weight is 292 g/mol. The van der Waals surface area contributed by atoms with Gasteiger partial charge in [0, 0.05) is 13.2 Å². The van der Waals surface area contributed by atoms with Gasteiger partial charge in [0.2, 0.25) is 0 Å². The van der Waals surface area contributed by atoms with Gasteiger partial charge in [-0.25, -0.2) is 9.97 Å². The van der Waals surface area contributed by atoms with E-state index in [9.17, 15) is 0 Å². The van der Waals surface area contributed by atoms with Crippen LogP contribution in [0.1, 0.15) is 25.6 Å². The maximum absolute atomic E-state index is 5.99. The van der Waals surface area contributed by atoms with Gasteiger partial charge in [0.1, 0.15) is 16.5 Å². The van der Waals surface area contributed by atoms with E-state index in [4.69, 9.17) is 10.5 Å². The molecule has 0 bridgehead atoms. The molecule has 0 saturated carbocycles. The Morgan fingerprint density at radius 3 is 3.15 bits per heavy atom. The van der Waals surface area contributed by atoms with Crippen molar-refractivity contribution < 1.29 is 4.74 Å². The molecule has 0 spiro atoms. The normalized spacial score (nSPS) is 19.2. The van der Waals surface area contributed by atoms with Gasteiger partial charge in [-0.15, -0.1) is 11.3 Å². The predicted octanol–water partition coefficient (Wildman–Crippen LogP) is 2.27. The number of rotatable bonds is 5. The lowest BCUT2D eigenvalue weighted by Crippen LogP contribution is -2.32. The predicted molar refractivity (Wildman–Crippen MR) is 81.8 cm³/mol. The highest BCUT2D eigenvalue weighted by atomic mass is 32.1. The maximum Gasteiger partial charge on any atom is 0.146 e. The first-order valence-electron chi connectivity index (χ1n) is 7.10. The summed E-state index contributed by atoms with van der Waals surface area (Å²) in [6.07, 6.45) is 2.69. The minimum atomic E-state index is 0.359. The number of nitrogen functional groups attached to an aromatic ring is 1. The van der Waals surface area contributed by atoms with E-state index in [-0.39, 0.29) is 0 Å². The van der Waals surface area contributed by atoms with Crippen molar-refractivity contribution >= 4 is 27.4 Å². The fraction of sp³-hybridized carbons (Fsp3) is 0.571. The van der Waals surface area contributed by atoms with Crippen LogP contribution < -0.4 is 5.73 Å². The van der Waals surface area contributed by atoms with Crippen LogP contribution in [-0.2, 0) is 11.3 Å². The van der Waals surface area contributed by atoms with E-state index in [2.05, 4.69) is 21.8 Å². The zero-order valence-corrected chi connectivity index (χ0v) is 12.5. The molecule has 5 nitrogen and oxygen atoms in total. The Labute approximate surface area is 122 Å². The summed E-state index contributed by atoms with van der Waals surface area (Å²) in [5, 5.41) is 2.96. The van der Waals surface area contributed by atoms with Gasteiger partial charge in [-0.1, -0.05) is 6.92 Å². The van der Waals surface area contributed by atoms with Crippen LogP contribution in [0.3, 0.4) is 0 Å². The molecule has 6 heteroatoms. The van der Waals surface area contributed by atoms with E-state index >= 15 is 0 Å². The number of thiophene rings is 1. The van der Waals surface area contributed by atoms with Crippen molar-refractivity contribution in [2.45, 2.75) is 32.4 Å². The highest BCUT2D eigenvalue weighted by molar-refractivity contribution is 7.16. The van der Waals surface area contributed by atoms with Gasteiger partial charge in [0.15, 0.2) is 0 Å². The van der Waals surface area contributed by atoms with Gasteiger partial charge in [0.25, 0.3) is 0 Å². The first-order chi connectivity index (χ1) is 9.76. The molecular weight excluding hydrogens is 272 g/mol. The zero-order chi connectivity index (χ0) is 13.9. The van der Waals surface area contributed by atoms with Crippen molar-refractivity contribution in [2.24, 2.45) is 0 Å². The second kappa shape index (κ2) is 6.03. The molecule has 2 N–H and O–H groups in total. The summed E-state index contributed by atoms with van der Waals surface area (Å²) in [7, 11) is 0. The number of anilines is 1. The van der Waals surface area contributed by atoms with Crippen LogP contribution in [0.4, 0.5) is 5.82 Å². The second-order valence-electron chi connectivity index (χ2n) is 5.13. The number of fused-ring (bicyclic) bond motifs is 1. The number of ether oxygens (including phenoxy) is 1. The van der Waals surface area contributed by atoms with Crippen LogP contribution in [0.5, 0.6) is 0 Å². The molecule has 0 aromatic carbocycles. The highest BCUT2D eigenvalue weighted by Crippen LogP contribution is 2.23. The summed E-state index contributed by atoms with van der Waals surface area (Å²) in [4.78, 5) is 12.3. The molecule has 1 atom stereocenters. The average Bonchev–Trinajstić information content (AvgIpc) is 3.08. The van der Waals surface area contributed by atoms with Gasteiger partial charge in [-0.05, 0) is 30.8 Å². The van der Waals surface area contributed by atoms with Gasteiger partial charge in [-0.2, -0.15) is 0 Å². The third kappa shape index (κ3) is 2.92. The topological polar surface area (TPSA) is 64.3 Å². The van der Waals surface area contributed by atoms with E-state index in [1.807, 2.05) is 11.4 Å². The Balaban J connectivity index is 1.72. The first-order valence-corrected chi connectivity index (χ1v) is 7.97. The summed E-state index contributed by atoms with van der Waals surface area (Å²) in [5.41, 5.74) is 5.99. The molecule has 20 heavy (non-hydrogen) atoms. The summed E-state index contributed by atoms with van der Waals surface area (Å²) >= 11 is 1.61. The molecule has 3 heterocycles. The standard InChI is InChI=1S/C14H20N4OS/c1-2-18(8-10-4-3-6-19-10)9-12-16-13(15)11-5-7-20-14(11)17-12/h5,7,10H,2-4,6,8-9H2,1H3,(H2,15,16,17). The quantitative estimate of drug-likeness (QED) is 0.916. The summed E-state index contributed by atoms with van der Waals surface area (Å²) in [5.74, 6) is 1.39. The van der Waals surface area contributed by atoms with E-state index in [1.54, 1.807) is 11.3 Å². The van der Waals surface area contributed by atoms with Crippen molar-refractivity contribution in [3.8, 4) is 0 Å². The summed E-state index contributed by atoms with van der Waals surface area (Å²) < 4.78 is 5.70. The van der Waals surface area contributed by atoms with E-state index in [1.165, 1.54) is 6.42 Å². The van der Waals surface area contributed by atoms with Crippen molar-refractivity contribution in [2.75, 3.05) is 25.4 Å². The minimum absolute atomic E-state index is 0.359. The van der Waals surface area contributed by atoms with Crippen LogP contribution in [0.2, 0.25) is 0 Å². The molecule has 3 rings (SSSR count). The van der Waals surface area contributed by atoms with Gasteiger partial charge >= 0.3 is 0 Å². The van der Waals surface area contributed by atoms with Crippen LogP contribution in [0, 0.1) is 0 Å². The Morgan fingerprint density at radius 2 is 2.40 bits per heavy atom. The monoisotopic (exact) mass is 292 g/mol. The molecule has 0 aliphatic carbocycles. The Kier molecular flexibility index (Phi) is 4.14. The molecule has 2 aromatic rings. The molecule has 1 saturated heterocycles. The van der Waals surface area contributed by atoms with Crippen molar-refractivity contribution in [1.82, 2.24) is 14.9 Å². The number of hydrogen-bond acceptors (Lipinski definition) is 6. The second-order valence-corrected chi connectivity index (χ2v) is 6.02. The fourth-order valence-corrected chi connectivity index (χ4v) is 3.37. The third-order valence-electron chi connectivity index (χ3n) is 3.70. The van der Waals surface area contributed by atoms with Crippen molar-refractivity contribution in [1.29, 1.82) is 0 Å². The van der Waals surface area contributed by atoms with E-state index < -0.39 is 0 Å². The van der Waals surface area contributed by atoms with Crippen LogP contribution in [0.25, 0.3) is 10.2 Å². The SMILES string of the molecule is CCN(Cc1nc(N)c2ccsc2n1)CC1CCCO1. The van der Waals surface area contributed by atoms with Crippen LogP contribution in [-0.4, -0.2) is 40.7 Å². The van der Waals surface area contributed by atoms with Crippen molar-refractivity contribution in [3.05, 3.63) is 17.3 Å². The molecule has 1 aliphatic heterocycles. The first kappa shape index (κ1) is 13.7. The van der Waals surface area contributed by atoms with Gasteiger partial charge in [-0.3, -0.25) is 4.90 Å². The summed E-state index contributed by atoms with van der Waals surface area (Å²) in [6.45, 7) is 5.69. The van der Waals surface area contributed by atoms with Gasteiger partial charge < -0.3 is 10.5 Å². The third-order valence-corrected chi connectivity index (χ3v) is 4.51. The van der Waals surface area contributed by atoms with Gasteiger partial charge in [0.05, 0.1) is 18.0 Å². The number of likely N-dealkylation sites (N-methyl/N-ethyl adjacent to an activating group) is 1. The van der Waals surface area contributed by atoms with E-state index in [0.29, 0.717) is 11.9 Å². The molecule has 1 aliphatic rings. The molecular formula is C14H20N4OS. The summed E-state index contributed by atoms with van der Waals surface area (Å²) in [6, 6.07) is 1.98. The molecule has 1 fully saturated rings.